The van der Waals surface area contributed by atoms with Crippen LogP contribution in [0.25, 0.3) is 0 Å². The number of rotatable bonds is 8. The summed E-state index contributed by atoms with van der Waals surface area (Å²) in [5.41, 5.74) is 7.83. The molecule has 0 saturated heterocycles. The minimum absolute atomic E-state index is 0.0556. The molecule has 0 aliphatic heterocycles. The van der Waals surface area contributed by atoms with Gasteiger partial charge in [-0.2, -0.15) is 0 Å². The molecule has 1 aromatic rings. The number of sulfone groups is 1. The number of hydrogen-bond donors (Lipinski definition) is 1. The van der Waals surface area contributed by atoms with Gasteiger partial charge in [0.2, 0.25) is 0 Å². The highest BCUT2D eigenvalue weighted by Gasteiger charge is 2.69. The average molecular weight is 325 g/mol. The maximum Gasteiger partial charge on any atom is 0.154 e. The van der Waals surface area contributed by atoms with E-state index in [-0.39, 0.29) is 11.7 Å². The quantitative estimate of drug-likeness (QED) is 0.795. The first kappa shape index (κ1) is 17.4. The second-order valence-corrected chi connectivity index (χ2v) is 8.43. The van der Waals surface area contributed by atoms with Crippen LogP contribution < -0.4 is 5.73 Å². The third kappa shape index (κ3) is 2.94. The number of aryl methyl sites for hydroxylation is 1. The van der Waals surface area contributed by atoms with E-state index < -0.39 is 20.5 Å². The summed E-state index contributed by atoms with van der Waals surface area (Å²) >= 11 is 0. The van der Waals surface area contributed by atoms with Crippen molar-refractivity contribution in [2.24, 2.45) is 11.1 Å². The lowest BCUT2D eigenvalue weighted by atomic mass is 9.99. The molecular formula is C17H27NO3S. The molecule has 22 heavy (non-hydrogen) atoms. The second kappa shape index (κ2) is 6.69. The first-order chi connectivity index (χ1) is 10.5. The predicted molar refractivity (Wildman–Crippen MR) is 89.8 cm³/mol. The van der Waals surface area contributed by atoms with E-state index in [0.29, 0.717) is 19.8 Å². The zero-order chi connectivity index (χ0) is 16.4. The fraction of sp³-hybridized carbons (Fsp3) is 0.647. The van der Waals surface area contributed by atoms with Gasteiger partial charge in [-0.15, -0.1) is 0 Å². The normalized spacial score (nSPS) is 27.8. The Morgan fingerprint density at radius 1 is 1.18 bits per heavy atom. The van der Waals surface area contributed by atoms with E-state index in [2.05, 4.69) is 19.1 Å². The largest absolute Gasteiger partial charge is 0.381 e. The van der Waals surface area contributed by atoms with Gasteiger partial charge in [0, 0.05) is 30.2 Å². The number of ether oxygens (including phenoxy) is 1. The summed E-state index contributed by atoms with van der Waals surface area (Å²) < 4.78 is 30.6. The van der Waals surface area contributed by atoms with E-state index in [1.807, 2.05) is 19.1 Å². The molecule has 4 nitrogen and oxygen atoms in total. The zero-order valence-electron chi connectivity index (χ0n) is 13.7. The Kier molecular flexibility index (Phi) is 5.30. The van der Waals surface area contributed by atoms with Crippen molar-refractivity contribution >= 4 is 9.84 Å². The summed E-state index contributed by atoms with van der Waals surface area (Å²) in [6, 6.07) is 8.24. The summed E-state index contributed by atoms with van der Waals surface area (Å²) in [5, 5.41) is -0.422. The van der Waals surface area contributed by atoms with E-state index in [1.54, 1.807) is 6.92 Å². The molecule has 0 aromatic heterocycles. The van der Waals surface area contributed by atoms with Gasteiger partial charge in [-0.1, -0.05) is 38.1 Å². The molecule has 2 rings (SSSR count). The molecule has 0 radical (unpaired) electrons. The lowest BCUT2D eigenvalue weighted by molar-refractivity contribution is 0.101. The Morgan fingerprint density at radius 2 is 1.82 bits per heavy atom. The predicted octanol–water partition coefficient (Wildman–Crippen LogP) is 2.13. The molecule has 0 amide bonds. The molecule has 1 fully saturated rings. The molecule has 0 unspecified atom stereocenters. The van der Waals surface area contributed by atoms with Crippen LogP contribution in [-0.2, 0) is 21.0 Å². The molecule has 0 bridgehead atoms. The van der Waals surface area contributed by atoms with E-state index in [4.69, 9.17) is 10.5 Å². The first-order valence-electron chi connectivity index (χ1n) is 8.05. The molecule has 1 aromatic carbocycles. The molecule has 0 spiro atoms. The third-order valence-corrected chi connectivity index (χ3v) is 7.19. The Hall–Kier alpha value is -0.910. The fourth-order valence-corrected chi connectivity index (χ4v) is 5.58. The van der Waals surface area contributed by atoms with Crippen molar-refractivity contribution in [1.82, 2.24) is 0 Å². The van der Waals surface area contributed by atoms with Gasteiger partial charge in [-0.25, -0.2) is 8.42 Å². The molecule has 1 aliphatic rings. The van der Waals surface area contributed by atoms with Crippen LogP contribution in [0.1, 0.15) is 37.8 Å². The van der Waals surface area contributed by atoms with Crippen LogP contribution in [0.2, 0.25) is 0 Å². The van der Waals surface area contributed by atoms with Crippen LogP contribution in [0.3, 0.4) is 0 Å². The van der Waals surface area contributed by atoms with Crippen LogP contribution in [0.15, 0.2) is 24.3 Å². The van der Waals surface area contributed by atoms with Crippen LogP contribution in [0, 0.1) is 5.41 Å². The minimum Gasteiger partial charge on any atom is -0.381 e. The van der Waals surface area contributed by atoms with Crippen molar-refractivity contribution in [3.8, 4) is 0 Å². The molecular weight excluding hydrogens is 298 g/mol. The van der Waals surface area contributed by atoms with Gasteiger partial charge < -0.3 is 10.5 Å². The Labute approximate surface area is 134 Å². The monoisotopic (exact) mass is 325 g/mol. The third-order valence-electron chi connectivity index (χ3n) is 4.87. The Balaban J connectivity index is 2.37. The van der Waals surface area contributed by atoms with Gasteiger partial charge in [0.05, 0.1) is 11.9 Å². The van der Waals surface area contributed by atoms with Crippen molar-refractivity contribution in [2.45, 2.75) is 38.4 Å². The highest BCUT2D eigenvalue weighted by atomic mass is 32.2. The van der Waals surface area contributed by atoms with Crippen molar-refractivity contribution in [3.05, 3.63) is 35.4 Å². The molecule has 1 saturated carbocycles. The second-order valence-electron chi connectivity index (χ2n) is 6.02. The molecule has 5 heteroatoms. The van der Waals surface area contributed by atoms with E-state index in [0.717, 1.165) is 12.0 Å². The topological polar surface area (TPSA) is 69.4 Å². The van der Waals surface area contributed by atoms with Gasteiger partial charge >= 0.3 is 0 Å². The van der Waals surface area contributed by atoms with Crippen LogP contribution >= 0.6 is 0 Å². The summed E-state index contributed by atoms with van der Waals surface area (Å²) in [5.74, 6) is 0.0923. The molecule has 2 N–H and O–H groups in total. The fourth-order valence-electron chi connectivity index (χ4n) is 3.43. The number of benzene rings is 1. The lowest BCUT2D eigenvalue weighted by Gasteiger charge is -2.15. The van der Waals surface area contributed by atoms with Crippen molar-refractivity contribution in [1.29, 1.82) is 0 Å². The molecule has 124 valence electrons. The summed E-state index contributed by atoms with van der Waals surface area (Å²) in [6.07, 6.45) is 0.975. The SMILES string of the molecule is CCOC[C@]1(CN)[C@H](c2ccc(CC)cc2)[C@@H]1S(=O)(=O)CC. The highest BCUT2D eigenvalue weighted by molar-refractivity contribution is 7.92. The van der Waals surface area contributed by atoms with Crippen molar-refractivity contribution < 1.29 is 13.2 Å². The Morgan fingerprint density at radius 3 is 2.27 bits per heavy atom. The molecule has 1 aliphatic carbocycles. The van der Waals surface area contributed by atoms with Crippen LogP contribution in [-0.4, -0.2) is 39.2 Å². The van der Waals surface area contributed by atoms with Crippen LogP contribution in [0.5, 0.6) is 0 Å². The standard InChI is InChI=1S/C17H27NO3S/c1-4-13-7-9-14(10-8-13)15-16(22(19,20)6-3)17(15,11-18)12-21-5-2/h7-10,15-16H,4-6,11-12,18H2,1-3H3/t15-,16+,17-/m1/s1. The maximum atomic E-state index is 12.5. The van der Waals surface area contributed by atoms with E-state index >= 15 is 0 Å². The number of hydrogen-bond acceptors (Lipinski definition) is 4. The van der Waals surface area contributed by atoms with Gasteiger partial charge in [0.15, 0.2) is 9.84 Å². The first-order valence-corrected chi connectivity index (χ1v) is 9.76. The lowest BCUT2D eigenvalue weighted by Crippen LogP contribution is -2.29. The highest BCUT2D eigenvalue weighted by Crippen LogP contribution is 2.62. The van der Waals surface area contributed by atoms with Gasteiger partial charge in [0.1, 0.15) is 0 Å². The van der Waals surface area contributed by atoms with Crippen molar-refractivity contribution in [3.63, 3.8) is 0 Å². The molecule has 3 atom stereocenters. The number of nitrogens with two attached hydrogens (primary N) is 1. The van der Waals surface area contributed by atoms with Gasteiger partial charge in [-0.3, -0.25) is 0 Å². The molecule has 0 heterocycles. The smallest absolute Gasteiger partial charge is 0.154 e. The maximum absolute atomic E-state index is 12.5. The van der Waals surface area contributed by atoms with Crippen molar-refractivity contribution in [2.75, 3.05) is 25.5 Å². The summed E-state index contributed by atoms with van der Waals surface area (Å²) in [4.78, 5) is 0. The summed E-state index contributed by atoms with van der Waals surface area (Å²) in [6.45, 7) is 7.03. The van der Waals surface area contributed by atoms with E-state index in [9.17, 15) is 8.42 Å². The van der Waals surface area contributed by atoms with E-state index in [1.165, 1.54) is 5.56 Å². The summed E-state index contributed by atoms with van der Waals surface area (Å²) in [7, 11) is -3.15. The minimum atomic E-state index is -3.15. The van der Waals surface area contributed by atoms with Gasteiger partial charge in [0.25, 0.3) is 0 Å². The Bertz CT molecular complexity index is 597. The van der Waals surface area contributed by atoms with Gasteiger partial charge in [-0.05, 0) is 24.5 Å². The average Bonchev–Trinajstić information content (AvgIpc) is 3.23. The van der Waals surface area contributed by atoms with Crippen LogP contribution in [0.4, 0.5) is 0 Å². The zero-order valence-corrected chi connectivity index (χ0v) is 14.5.